The van der Waals surface area contributed by atoms with Crippen molar-refractivity contribution in [2.45, 2.75) is 51.3 Å². The number of anilines is 1. The summed E-state index contributed by atoms with van der Waals surface area (Å²) in [6, 6.07) is 10.7. The van der Waals surface area contributed by atoms with Crippen LogP contribution >= 0.6 is 39.0 Å². The standard InChI is InChI=1S/C29H44F3N3O10S.C18H20ClN5O6P2/c1-46-19-18-43-15-14-41-12-13-42-16-17-44-23-25-22-35(34-33-25)3-5-38-7-9-40-11-10-39-8-6-37-4-2-28(36)45-29-26(31)20-24(30)21-27(29)32;19-18-22-16(20-8-12-4-2-1-3-5-12)14-9-21-24(17(14)23-18)15-7-6-13(30-15)10-29-31(25)11-32(26,27)28/h20-22H,2-19,23H2,1H3;1-5,9,13,15H,6-8,10-11H2,(H2-,20,22,23,26,27,28)/p+1. The average Bonchev–Trinajstić information content (AvgIpc) is 4.22. The molecular formula is C47H65ClF3N8O16P2S+. The Morgan fingerprint density at radius 3 is 2.08 bits per heavy atom. The molecule has 6 rings (SSSR count). The highest BCUT2D eigenvalue weighted by Crippen LogP contribution is 2.46. The molecule has 4 heterocycles. The predicted octanol–water partition coefficient (Wildman–Crippen LogP) is 6.35. The number of carbonyl (C=O) groups excluding carboxylic acids is 1. The minimum atomic E-state index is -4.39. The van der Waals surface area contributed by atoms with Crippen LogP contribution in [0.4, 0.5) is 19.0 Å². The van der Waals surface area contributed by atoms with Crippen LogP contribution in [0.15, 0.2) is 54.9 Å². The topological polar surface area (TPSA) is 280 Å². The molecule has 1 aliphatic heterocycles. The van der Waals surface area contributed by atoms with E-state index in [0.717, 1.165) is 23.6 Å². The molecule has 0 spiro atoms. The maximum atomic E-state index is 13.5. The maximum Gasteiger partial charge on any atom is 0.521 e. The lowest BCUT2D eigenvalue weighted by Crippen LogP contribution is -2.16. The van der Waals surface area contributed by atoms with E-state index in [0.29, 0.717) is 134 Å². The molecule has 1 aliphatic rings. The largest absolute Gasteiger partial charge is 0.521 e. The molecular weight excluding hydrogens is 1120 g/mol. The molecule has 3 N–H and O–H groups in total. The van der Waals surface area contributed by atoms with Crippen LogP contribution < -0.4 is 10.1 Å². The molecule has 24 nitrogen and oxygen atoms in total. The van der Waals surface area contributed by atoms with Gasteiger partial charge in [-0.05, 0) is 40.8 Å². The minimum Gasteiger partial charge on any atom is -0.420 e. The molecule has 0 amide bonds. The van der Waals surface area contributed by atoms with Crippen molar-refractivity contribution in [2.75, 3.05) is 129 Å². The molecule has 31 heteroatoms. The summed E-state index contributed by atoms with van der Waals surface area (Å²) in [5.74, 6) is -4.82. The van der Waals surface area contributed by atoms with Gasteiger partial charge in [0.15, 0.2) is 23.5 Å². The molecule has 1 fully saturated rings. The average molecular weight is 1180 g/mol. The number of ether oxygens (including phenoxy) is 10. The number of rotatable bonds is 39. The van der Waals surface area contributed by atoms with Gasteiger partial charge in [0.05, 0.1) is 143 Å². The van der Waals surface area contributed by atoms with Crippen molar-refractivity contribution in [1.82, 2.24) is 34.7 Å². The van der Waals surface area contributed by atoms with Crippen LogP contribution in [0.25, 0.3) is 11.0 Å². The molecule has 3 atom stereocenters. The van der Waals surface area contributed by atoms with Crippen LogP contribution in [-0.4, -0.2) is 180 Å². The summed E-state index contributed by atoms with van der Waals surface area (Å²) in [5.41, 5.74) is 2.32. The zero-order valence-electron chi connectivity index (χ0n) is 42.9. The fourth-order valence-corrected chi connectivity index (χ4v) is 9.04. The van der Waals surface area contributed by atoms with Crippen molar-refractivity contribution in [3.05, 3.63) is 88.9 Å². The molecule has 2 aromatic carbocycles. The first kappa shape index (κ1) is 64.5. The van der Waals surface area contributed by atoms with Gasteiger partial charge in [-0.3, -0.25) is 9.36 Å². The van der Waals surface area contributed by atoms with E-state index in [1.165, 1.54) is 0 Å². The second-order valence-corrected chi connectivity index (χ2v) is 21.2. The number of hydrogen-bond acceptors (Lipinski definition) is 21. The lowest BCUT2D eigenvalue weighted by atomic mass is 10.2. The van der Waals surface area contributed by atoms with Crippen LogP contribution in [0, 0.1) is 17.5 Å². The summed E-state index contributed by atoms with van der Waals surface area (Å²) in [4.78, 5) is 38.0. The molecule has 78 heavy (non-hydrogen) atoms. The van der Waals surface area contributed by atoms with Gasteiger partial charge in [0.1, 0.15) is 23.9 Å². The first-order valence-corrected chi connectivity index (χ1v) is 29.5. The second-order valence-electron chi connectivity index (χ2n) is 16.5. The van der Waals surface area contributed by atoms with Crippen molar-refractivity contribution < 1.29 is 88.8 Å². The van der Waals surface area contributed by atoms with Gasteiger partial charge in [-0.2, -0.15) is 26.8 Å². The molecule has 3 unspecified atom stereocenters. The smallest absolute Gasteiger partial charge is 0.420 e. The highest BCUT2D eigenvalue weighted by atomic mass is 35.5. The van der Waals surface area contributed by atoms with Gasteiger partial charge in [-0.25, -0.2) is 22.5 Å². The van der Waals surface area contributed by atoms with Crippen molar-refractivity contribution in [1.29, 1.82) is 0 Å². The molecule has 0 bridgehead atoms. The number of fused-ring (bicyclic) bond motifs is 1. The maximum absolute atomic E-state index is 13.5. The Labute approximate surface area is 458 Å². The monoisotopic (exact) mass is 1180 g/mol. The van der Waals surface area contributed by atoms with Crippen LogP contribution in [-0.2, 0) is 80.8 Å². The summed E-state index contributed by atoms with van der Waals surface area (Å²) in [6.07, 6.45) is 5.63. The van der Waals surface area contributed by atoms with E-state index >= 15 is 0 Å². The zero-order chi connectivity index (χ0) is 55.8. The Morgan fingerprint density at radius 2 is 1.45 bits per heavy atom. The fourth-order valence-electron chi connectivity index (χ4n) is 6.73. The molecule has 5 aromatic rings. The van der Waals surface area contributed by atoms with Gasteiger partial charge in [-0.1, -0.05) is 35.5 Å². The van der Waals surface area contributed by atoms with E-state index in [4.69, 9.17) is 68.5 Å². The van der Waals surface area contributed by atoms with Crippen LogP contribution in [0.2, 0.25) is 5.28 Å². The number of nitrogens with zero attached hydrogens (tertiary/aromatic N) is 7. The number of halogens is 4. The van der Waals surface area contributed by atoms with Crippen LogP contribution in [0.5, 0.6) is 5.75 Å². The number of benzene rings is 2. The highest BCUT2D eigenvalue weighted by molar-refractivity contribution is 7.98. The lowest BCUT2D eigenvalue weighted by molar-refractivity contribution is -0.136. The number of aromatic nitrogens is 7. The van der Waals surface area contributed by atoms with Gasteiger partial charge < -0.3 is 62.5 Å². The summed E-state index contributed by atoms with van der Waals surface area (Å²) < 4.78 is 125. The van der Waals surface area contributed by atoms with Crippen molar-refractivity contribution >= 4 is 61.8 Å². The Balaban J connectivity index is 0.000000305. The first-order chi connectivity index (χ1) is 37.8. The van der Waals surface area contributed by atoms with Crippen LogP contribution in [0.1, 0.15) is 36.7 Å². The highest BCUT2D eigenvalue weighted by Gasteiger charge is 2.35. The van der Waals surface area contributed by atoms with Gasteiger partial charge in [0.2, 0.25) is 11.0 Å². The Bertz CT molecular complexity index is 2560. The van der Waals surface area contributed by atoms with E-state index in [1.807, 2.05) is 36.6 Å². The molecule has 1 saturated heterocycles. The normalized spacial score (nSPS) is 14.7. The van der Waals surface area contributed by atoms with Gasteiger partial charge in [0, 0.05) is 24.4 Å². The van der Waals surface area contributed by atoms with E-state index in [9.17, 15) is 27.1 Å². The quantitative estimate of drug-likeness (QED) is 0.0127. The van der Waals surface area contributed by atoms with Gasteiger partial charge in [-0.15, -0.1) is 9.62 Å². The van der Waals surface area contributed by atoms with E-state index < -0.39 is 56.9 Å². The molecule has 3 aromatic heterocycles. The Kier molecular flexibility index (Phi) is 30.5. The zero-order valence-corrected chi connectivity index (χ0v) is 46.2. The summed E-state index contributed by atoms with van der Waals surface area (Å²) >= 11 is 7.90. The minimum absolute atomic E-state index is 0.0353. The molecule has 0 radical (unpaired) electrons. The van der Waals surface area contributed by atoms with E-state index in [-0.39, 0.29) is 44.2 Å². The summed E-state index contributed by atoms with van der Waals surface area (Å²) in [5, 5.41) is 16.6. The third kappa shape index (κ3) is 25.9. The number of carbonyl (C=O) groups is 1. The Morgan fingerprint density at radius 1 is 0.846 bits per heavy atom. The number of esters is 1. The molecule has 432 valence electrons. The van der Waals surface area contributed by atoms with Crippen molar-refractivity contribution in [2.24, 2.45) is 0 Å². The molecule has 0 saturated carbocycles. The summed E-state index contributed by atoms with van der Waals surface area (Å²) in [7, 11) is -6.86. The first-order valence-electron chi connectivity index (χ1n) is 24.6. The van der Waals surface area contributed by atoms with E-state index in [2.05, 4.69) is 35.4 Å². The second kappa shape index (κ2) is 36.8. The number of nitrogens with one attached hydrogen (secondary N) is 1. The number of thioether (sulfide) groups is 1. The van der Waals surface area contributed by atoms with Crippen molar-refractivity contribution in [3.8, 4) is 5.75 Å². The number of hydrogen-bond donors (Lipinski definition) is 3. The Hall–Kier alpha value is -4.32. The molecule has 0 aliphatic carbocycles. The lowest BCUT2D eigenvalue weighted by Gasteiger charge is -2.13. The van der Waals surface area contributed by atoms with E-state index in [1.54, 1.807) is 33.5 Å². The van der Waals surface area contributed by atoms with Crippen LogP contribution in [0.3, 0.4) is 0 Å². The van der Waals surface area contributed by atoms with Gasteiger partial charge >= 0.3 is 21.6 Å². The summed E-state index contributed by atoms with van der Waals surface area (Å²) in [6.45, 7) is 7.62. The third-order valence-electron chi connectivity index (χ3n) is 10.4. The van der Waals surface area contributed by atoms with Gasteiger partial charge in [0.25, 0.3) is 5.90 Å². The van der Waals surface area contributed by atoms with Crippen molar-refractivity contribution in [3.63, 3.8) is 0 Å². The third-order valence-corrected chi connectivity index (χ3v) is 14.0. The predicted molar refractivity (Wildman–Crippen MR) is 278 cm³/mol. The SMILES string of the molecule is CSCCOCCOCCOCCOCc1cn(CCOCCOCCOCCOCCC(=O)Oc2c(F)cc(F)cc2F)nn1.O=[P+](CP(=O)(O)O)OCC1CCC(n2ncc3c(NCc4ccccc4)nc(Cl)nc32)O1. The fraction of sp³-hybridized carbons (Fsp3) is 0.574.